The van der Waals surface area contributed by atoms with E-state index < -0.39 is 22.0 Å². The van der Waals surface area contributed by atoms with Crippen molar-refractivity contribution in [1.29, 1.82) is 0 Å². The largest absolute Gasteiger partial charge is 0.492 e. The molecule has 1 aromatic rings. The van der Waals surface area contributed by atoms with Crippen LogP contribution < -0.4 is 9.46 Å². The summed E-state index contributed by atoms with van der Waals surface area (Å²) in [5, 5.41) is 8.83. The Morgan fingerprint density at radius 2 is 2.16 bits per heavy atom. The van der Waals surface area contributed by atoms with Crippen LogP contribution in [-0.4, -0.2) is 32.1 Å². The van der Waals surface area contributed by atoms with E-state index in [0.717, 1.165) is 0 Å². The van der Waals surface area contributed by atoms with Crippen LogP contribution in [0, 0.1) is 0 Å². The van der Waals surface area contributed by atoms with Gasteiger partial charge in [-0.05, 0) is 32.0 Å². The van der Waals surface area contributed by atoms with Crippen LogP contribution in [0.25, 0.3) is 0 Å². The van der Waals surface area contributed by atoms with Gasteiger partial charge < -0.3 is 9.84 Å². The molecule has 106 valence electrons. The SMILES string of the molecule is CCOc1ccc(S(=O)(=O)NC(C)C(=O)O)cc1Cl. The summed E-state index contributed by atoms with van der Waals surface area (Å²) in [5.74, 6) is -0.894. The number of benzene rings is 1. The van der Waals surface area contributed by atoms with Gasteiger partial charge in [0, 0.05) is 0 Å². The van der Waals surface area contributed by atoms with E-state index in [9.17, 15) is 13.2 Å². The number of rotatable bonds is 6. The Balaban J connectivity index is 3.02. The molecule has 0 aliphatic rings. The number of nitrogens with one attached hydrogen (secondary N) is 1. The molecule has 0 saturated carbocycles. The first-order chi connectivity index (χ1) is 8.77. The smallest absolute Gasteiger partial charge is 0.321 e. The van der Waals surface area contributed by atoms with Crippen molar-refractivity contribution in [3.8, 4) is 5.75 Å². The number of hydrogen-bond donors (Lipinski definition) is 2. The van der Waals surface area contributed by atoms with Crippen LogP contribution in [0.4, 0.5) is 0 Å². The molecular formula is C11H14ClNO5S. The van der Waals surface area contributed by atoms with Gasteiger partial charge in [-0.3, -0.25) is 4.79 Å². The predicted octanol–water partition coefficient (Wildman–Crippen LogP) is 1.49. The molecule has 1 unspecified atom stereocenters. The molecule has 0 aliphatic heterocycles. The Bertz CT molecular complexity index is 572. The van der Waals surface area contributed by atoms with Crippen molar-refractivity contribution < 1.29 is 23.1 Å². The van der Waals surface area contributed by atoms with Crippen molar-refractivity contribution in [3.05, 3.63) is 23.2 Å². The molecular weight excluding hydrogens is 294 g/mol. The van der Waals surface area contributed by atoms with E-state index in [4.69, 9.17) is 21.4 Å². The molecule has 2 N–H and O–H groups in total. The third-order valence-corrected chi connectivity index (χ3v) is 4.05. The molecule has 0 fully saturated rings. The van der Waals surface area contributed by atoms with Gasteiger partial charge in [0.15, 0.2) is 0 Å². The second-order valence-electron chi connectivity index (χ2n) is 3.71. The molecule has 8 heteroatoms. The third-order valence-electron chi connectivity index (χ3n) is 2.22. The molecule has 1 atom stereocenters. The van der Waals surface area contributed by atoms with Gasteiger partial charge in [0.1, 0.15) is 11.8 Å². The summed E-state index contributed by atoms with van der Waals surface area (Å²) in [4.78, 5) is 10.5. The molecule has 0 heterocycles. The number of hydrogen-bond acceptors (Lipinski definition) is 4. The number of ether oxygens (including phenoxy) is 1. The van der Waals surface area contributed by atoms with Crippen molar-refractivity contribution in [3.63, 3.8) is 0 Å². The maximum Gasteiger partial charge on any atom is 0.321 e. The number of aliphatic carboxylic acids is 1. The monoisotopic (exact) mass is 307 g/mol. The van der Waals surface area contributed by atoms with E-state index in [-0.39, 0.29) is 9.92 Å². The lowest BCUT2D eigenvalue weighted by atomic mass is 10.3. The van der Waals surface area contributed by atoms with Crippen LogP contribution in [0.2, 0.25) is 5.02 Å². The summed E-state index contributed by atoms with van der Waals surface area (Å²) >= 11 is 5.88. The van der Waals surface area contributed by atoms with Gasteiger partial charge in [-0.1, -0.05) is 11.6 Å². The summed E-state index contributed by atoms with van der Waals surface area (Å²) in [6.45, 7) is 3.41. The van der Waals surface area contributed by atoms with E-state index in [1.807, 2.05) is 4.72 Å². The first-order valence-corrected chi connectivity index (χ1v) is 7.31. The molecule has 0 amide bonds. The fourth-order valence-corrected chi connectivity index (χ4v) is 2.79. The predicted molar refractivity (Wildman–Crippen MR) is 70.0 cm³/mol. The maximum atomic E-state index is 11.9. The fourth-order valence-electron chi connectivity index (χ4n) is 1.27. The molecule has 0 radical (unpaired) electrons. The molecule has 19 heavy (non-hydrogen) atoms. The van der Waals surface area contributed by atoms with Crippen LogP contribution >= 0.6 is 11.6 Å². The minimum atomic E-state index is -3.93. The zero-order valence-corrected chi connectivity index (χ0v) is 12.0. The lowest BCUT2D eigenvalue weighted by molar-refractivity contribution is -0.138. The third kappa shape index (κ3) is 4.09. The minimum absolute atomic E-state index is 0.117. The number of carboxylic acid groups (broad SMARTS) is 1. The van der Waals surface area contributed by atoms with Crippen molar-refractivity contribution in [1.82, 2.24) is 4.72 Å². The quantitative estimate of drug-likeness (QED) is 0.830. The Labute approximate surface area is 116 Å². The van der Waals surface area contributed by atoms with Gasteiger partial charge >= 0.3 is 5.97 Å². The summed E-state index contributed by atoms with van der Waals surface area (Å²) in [6.07, 6.45) is 0. The van der Waals surface area contributed by atoms with E-state index in [1.54, 1.807) is 6.92 Å². The highest BCUT2D eigenvalue weighted by Gasteiger charge is 2.22. The highest BCUT2D eigenvalue weighted by molar-refractivity contribution is 7.89. The highest BCUT2D eigenvalue weighted by atomic mass is 35.5. The molecule has 0 bridgehead atoms. The number of halogens is 1. The maximum absolute atomic E-state index is 11.9. The van der Waals surface area contributed by atoms with Gasteiger partial charge in [0.25, 0.3) is 0 Å². The zero-order valence-electron chi connectivity index (χ0n) is 10.4. The van der Waals surface area contributed by atoms with Gasteiger partial charge in [0.05, 0.1) is 16.5 Å². The molecule has 6 nitrogen and oxygen atoms in total. The molecule has 0 aliphatic carbocycles. The molecule has 1 rings (SSSR count). The van der Waals surface area contributed by atoms with E-state index in [1.165, 1.54) is 25.1 Å². The van der Waals surface area contributed by atoms with E-state index in [2.05, 4.69) is 0 Å². The average molecular weight is 308 g/mol. The highest BCUT2D eigenvalue weighted by Crippen LogP contribution is 2.27. The Morgan fingerprint density at radius 1 is 1.53 bits per heavy atom. The van der Waals surface area contributed by atoms with Crippen LogP contribution in [-0.2, 0) is 14.8 Å². The van der Waals surface area contributed by atoms with Gasteiger partial charge in [0.2, 0.25) is 10.0 Å². The second kappa shape index (κ2) is 6.23. The minimum Gasteiger partial charge on any atom is -0.492 e. The van der Waals surface area contributed by atoms with E-state index in [0.29, 0.717) is 12.4 Å². The summed E-state index contributed by atoms with van der Waals surface area (Å²) < 4.78 is 31.0. The molecule has 1 aromatic carbocycles. The molecule has 0 aromatic heterocycles. The summed E-state index contributed by atoms with van der Waals surface area (Å²) in [6, 6.07) is 2.71. The standard InChI is InChI=1S/C11H14ClNO5S/c1-3-18-10-5-4-8(6-9(10)12)19(16,17)13-7(2)11(14)15/h4-7,13H,3H2,1-2H3,(H,14,15). The number of sulfonamides is 1. The Kier molecular flexibility index (Phi) is 5.16. The first kappa shape index (κ1) is 15.7. The molecule has 0 saturated heterocycles. The second-order valence-corrected chi connectivity index (χ2v) is 5.83. The van der Waals surface area contributed by atoms with Crippen molar-refractivity contribution >= 4 is 27.6 Å². The van der Waals surface area contributed by atoms with Crippen molar-refractivity contribution in [2.45, 2.75) is 24.8 Å². The van der Waals surface area contributed by atoms with Crippen LogP contribution in [0.5, 0.6) is 5.75 Å². The fraction of sp³-hybridized carbons (Fsp3) is 0.364. The van der Waals surface area contributed by atoms with Crippen LogP contribution in [0.3, 0.4) is 0 Å². The van der Waals surface area contributed by atoms with Crippen molar-refractivity contribution in [2.24, 2.45) is 0 Å². The Morgan fingerprint density at radius 3 is 2.63 bits per heavy atom. The summed E-state index contributed by atoms with van der Waals surface area (Å²) in [5.41, 5.74) is 0. The topological polar surface area (TPSA) is 92.7 Å². The number of carbonyl (C=O) groups is 1. The molecule has 0 spiro atoms. The van der Waals surface area contributed by atoms with Crippen LogP contribution in [0.15, 0.2) is 23.1 Å². The first-order valence-electron chi connectivity index (χ1n) is 5.45. The van der Waals surface area contributed by atoms with E-state index >= 15 is 0 Å². The van der Waals surface area contributed by atoms with Crippen molar-refractivity contribution in [2.75, 3.05) is 6.61 Å². The Hall–Kier alpha value is -1.31. The number of carboxylic acids is 1. The van der Waals surface area contributed by atoms with Gasteiger partial charge in [-0.15, -0.1) is 0 Å². The normalized spacial score (nSPS) is 13.0. The lowest BCUT2D eigenvalue weighted by Crippen LogP contribution is -2.38. The lowest BCUT2D eigenvalue weighted by Gasteiger charge is -2.11. The van der Waals surface area contributed by atoms with Gasteiger partial charge in [-0.25, -0.2) is 8.42 Å². The summed E-state index contributed by atoms with van der Waals surface area (Å²) in [7, 11) is -3.93. The van der Waals surface area contributed by atoms with Gasteiger partial charge in [-0.2, -0.15) is 4.72 Å². The van der Waals surface area contributed by atoms with Crippen LogP contribution in [0.1, 0.15) is 13.8 Å². The zero-order chi connectivity index (χ0) is 14.6. The average Bonchev–Trinajstić information content (AvgIpc) is 2.31.